The van der Waals surface area contributed by atoms with Crippen LogP contribution in [0.15, 0.2) is 12.4 Å². The molecule has 1 aromatic heterocycles. The van der Waals surface area contributed by atoms with E-state index in [4.69, 9.17) is 0 Å². The first-order valence-corrected chi connectivity index (χ1v) is 9.81. The molecule has 0 unspecified atom stereocenters. The van der Waals surface area contributed by atoms with Gasteiger partial charge in [-0.3, -0.25) is 0 Å². The summed E-state index contributed by atoms with van der Waals surface area (Å²) in [6.07, 6.45) is 5.96. The van der Waals surface area contributed by atoms with Crippen LogP contribution in [0.25, 0.3) is 0 Å². The Labute approximate surface area is 132 Å². The molecule has 6 nitrogen and oxygen atoms in total. The normalized spacial score (nSPS) is 25.8. The van der Waals surface area contributed by atoms with Crippen molar-refractivity contribution in [3.05, 3.63) is 12.4 Å². The zero-order chi connectivity index (χ0) is 15.6. The van der Waals surface area contributed by atoms with Crippen LogP contribution in [-0.2, 0) is 9.84 Å². The fraction of sp³-hybridized carbons (Fsp3) is 0.733. The summed E-state index contributed by atoms with van der Waals surface area (Å²) in [5, 5.41) is -0.263. The Bertz CT molecular complexity index is 614. The van der Waals surface area contributed by atoms with Gasteiger partial charge in [-0.15, -0.1) is 0 Å². The van der Waals surface area contributed by atoms with Crippen molar-refractivity contribution in [2.45, 2.75) is 37.9 Å². The van der Waals surface area contributed by atoms with Crippen molar-refractivity contribution in [2.75, 3.05) is 41.7 Å². The maximum Gasteiger partial charge on any atom is 0.154 e. The minimum absolute atomic E-state index is 0.206. The summed E-state index contributed by atoms with van der Waals surface area (Å²) < 4.78 is 24.1. The molecule has 122 valence electrons. The van der Waals surface area contributed by atoms with Gasteiger partial charge in [0.2, 0.25) is 0 Å². The molecule has 22 heavy (non-hydrogen) atoms. The van der Waals surface area contributed by atoms with Crippen LogP contribution in [0.4, 0.5) is 11.6 Å². The lowest BCUT2D eigenvalue weighted by atomic mass is 10.1. The second-order valence-corrected chi connectivity index (χ2v) is 8.77. The number of aromatic nitrogens is 2. The number of piperidine rings is 1. The molecule has 3 heterocycles. The van der Waals surface area contributed by atoms with Crippen LogP contribution < -0.4 is 9.80 Å². The van der Waals surface area contributed by atoms with E-state index in [-0.39, 0.29) is 11.0 Å². The van der Waals surface area contributed by atoms with Crippen LogP contribution in [-0.4, -0.2) is 55.6 Å². The van der Waals surface area contributed by atoms with E-state index in [2.05, 4.69) is 19.8 Å². The van der Waals surface area contributed by atoms with Crippen molar-refractivity contribution in [3.63, 3.8) is 0 Å². The van der Waals surface area contributed by atoms with Gasteiger partial charge in [-0.05, 0) is 32.6 Å². The van der Waals surface area contributed by atoms with E-state index in [9.17, 15) is 8.42 Å². The van der Waals surface area contributed by atoms with Crippen molar-refractivity contribution < 1.29 is 8.42 Å². The summed E-state index contributed by atoms with van der Waals surface area (Å²) in [5.41, 5.74) is 0. The highest BCUT2D eigenvalue weighted by Crippen LogP contribution is 2.23. The molecule has 0 spiro atoms. The highest BCUT2D eigenvalue weighted by molar-refractivity contribution is 7.92. The lowest BCUT2D eigenvalue weighted by Gasteiger charge is -2.29. The number of hydrogen-bond acceptors (Lipinski definition) is 6. The van der Waals surface area contributed by atoms with Gasteiger partial charge in [0.05, 0.1) is 11.0 Å². The molecule has 0 radical (unpaired) electrons. The Kier molecular flexibility index (Phi) is 4.52. The monoisotopic (exact) mass is 324 g/mol. The Morgan fingerprint density at radius 1 is 1.00 bits per heavy atom. The van der Waals surface area contributed by atoms with Gasteiger partial charge in [-0.25, -0.2) is 18.4 Å². The number of sulfone groups is 1. The van der Waals surface area contributed by atoms with E-state index in [1.165, 1.54) is 19.3 Å². The van der Waals surface area contributed by atoms with Crippen LogP contribution in [0, 0.1) is 0 Å². The van der Waals surface area contributed by atoms with E-state index < -0.39 is 9.84 Å². The zero-order valence-electron chi connectivity index (χ0n) is 13.1. The van der Waals surface area contributed by atoms with Gasteiger partial charge in [0.15, 0.2) is 9.84 Å². The van der Waals surface area contributed by atoms with Gasteiger partial charge in [0.1, 0.15) is 18.0 Å². The number of rotatable bonds is 2. The molecule has 2 saturated heterocycles. The van der Waals surface area contributed by atoms with Gasteiger partial charge in [0.25, 0.3) is 0 Å². The largest absolute Gasteiger partial charge is 0.356 e. The third-order valence-electron chi connectivity index (χ3n) is 4.71. The quantitative estimate of drug-likeness (QED) is 0.821. The molecule has 2 aliphatic rings. The number of hydrogen-bond donors (Lipinski definition) is 0. The summed E-state index contributed by atoms with van der Waals surface area (Å²) >= 11 is 0. The zero-order valence-corrected chi connectivity index (χ0v) is 13.9. The van der Waals surface area contributed by atoms with E-state index in [0.29, 0.717) is 13.0 Å². The smallest absolute Gasteiger partial charge is 0.154 e. The molecule has 1 atom stereocenters. The molecule has 0 bridgehead atoms. The summed E-state index contributed by atoms with van der Waals surface area (Å²) in [5.74, 6) is 2.02. The molecule has 0 saturated carbocycles. The van der Waals surface area contributed by atoms with Gasteiger partial charge in [0, 0.05) is 32.2 Å². The molecular weight excluding hydrogens is 300 g/mol. The Morgan fingerprint density at radius 2 is 1.64 bits per heavy atom. The summed E-state index contributed by atoms with van der Waals surface area (Å²) in [6, 6.07) is 2.01. The molecule has 2 fully saturated rings. The number of anilines is 2. The molecule has 0 amide bonds. The topological polar surface area (TPSA) is 66.4 Å². The molecule has 0 aliphatic carbocycles. The number of nitrogens with zero attached hydrogens (tertiary/aromatic N) is 4. The van der Waals surface area contributed by atoms with Crippen LogP contribution in [0.3, 0.4) is 0 Å². The molecule has 7 heteroatoms. The molecule has 0 N–H and O–H groups in total. The van der Waals surface area contributed by atoms with Crippen LogP contribution >= 0.6 is 0 Å². The Balaban J connectivity index is 1.77. The maximum atomic E-state index is 12.0. The third kappa shape index (κ3) is 3.34. The van der Waals surface area contributed by atoms with E-state index in [1.807, 2.05) is 6.07 Å². The van der Waals surface area contributed by atoms with Gasteiger partial charge >= 0.3 is 0 Å². The fourth-order valence-corrected chi connectivity index (χ4v) is 4.44. The Morgan fingerprint density at radius 3 is 2.32 bits per heavy atom. The molecule has 1 aromatic rings. The fourth-order valence-electron chi connectivity index (χ4n) is 3.10. The average molecular weight is 324 g/mol. The second kappa shape index (κ2) is 6.40. The lowest BCUT2D eigenvalue weighted by Crippen LogP contribution is -2.31. The first-order valence-electron chi connectivity index (χ1n) is 8.10. The van der Waals surface area contributed by atoms with Crippen LogP contribution in [0.1, 0.15) is 32.6 Å². The molecule has 2 aliphatic heterocycles. The minimum Gasteiger partial charge on any atom is -0.356 e. The molecule has 0 aromatic carbocycles. The van der Waals surface area contributed by atoms with Crippen molar-refractivity contribution in [1.29, 1.82) is 0 Å². The summed E-state index contributed by atoms with van der Waals surface area (Å²) in [6.45, 7) is 5.14. The summed E-state index contributed by atoms with van der Waals surface area (Å²) in [7, 11) is -2.96. The van der Waals surface area contributed by atoms with Crippen molar-refractivity contribution in [3.8, 4) is 0 Å². The first-order chi connectivity index (χ1) is 10.6. The predicted octanol–water partition coefficient (Wildman–Crippen LogP) is 1.48. The third-order valence-corrected chi connectivity index (χ3v) is 6.92. The second-order valence-electron chi connectivity index (χ2n) is 6.24. The van der Waals surface area contributed by atoms with E-state index in [0.717, 1.165) is 31.3 Å². The van der Waals surface area contributed by atoms with E-state index >= 15 is 0 Å². The average Bonchev–Trinajstić information content (AvgIpc) is 2.68. The van der Waals surface area contributed by atoms with Gasteiger partial charge in [-0.1, -0.05) is 0 Å². The highest BCUT2D eigenvalue weighted by Gasteiger charge is 2.27. The van der Waals surface area contributed by atoms with Crippen molar-refractivity contribution >= 4 is 21.5 Å². The predicted molar refractivity (Wildman–Crippen MR) is 88.2 cm³/mol. The highest BCUT2D eigenvalue weighted by atomic mass is 32.2. The van der Waals surface area contributed by atoms with Crippen LogP contribution in [0.5, 0.6) is 0 Å². The minimum atomic E-state index is -2.96. The van der Waals surface area contributed by atoms with Gasteiger partial charge < -0.3 is 9.80 Å². The molecule has 3 rings (SSSR count). The van der Waals surface area contributed by atoms with E-state index in [1.54, 1.807) is 13.3 Å². The Hall–Kier alpha value is -1.37. The standard InChI is InChI=1S/C15H24N4O2S/c1-13-5-8-19(9-10-22(13,20)21)15-11-14(16-12-17-15)18-6-3-2-4-7-18/h11-13H,2-10H2,1H3/t13-/m1/s1. The molecular formula is C15H24N4O2S. The maximum absolute atomic E-state index is 12.0. The first kappa shape index (κ1) is 15.5. The van der Waals surface area contributed by atoms with Crippen LogP contribution in [0.2, 0.25) is 0 Å². The van der Waals surface area contributed by atoms with Crippen molar-refractivity contribution in [1.82, 2.24) is 9.97 Å². The SMILES string of the molecule is C[C@@H]1CCN(c2cc(N3CCCCC3)ncn2)CCS1(=O)=O. The van der Waals surface area contributed by atoms with Crippen molar-refractivity contribution in [2.24, 2.45) is 0 Å². The lowest BCUT2D eigenvalue weighted by molar-refractivity contribution is 0.573. The summed E-state index contributed by atoms with van der Waals surface area (Å²) in [4.78, 5) is 13.1. The van der Waals surface area contributed by atoms with Gasteiger partial charge in [-0.2, -0.15) is 0 Å².